The Balaban J connectivity index is 2.02. The smallest absolute Gasteiger partial charge is 0.329 e. The third-order valence-corrected chi connectivity index (χ3v) is 2.78. The third-order valence-electron chi connectivity index (χ3n) is 2.78. The van der Waals surface area contributed by atoms with Crippen molar-refractivity contribution in [1.29, 1.82) is 0 Å². The van der Waals surface area contributed by atoms with Crippen LogP contribution in [0.15, 0.2) is 18.5 Å². The van der Waals surface area contributed by atoms with Crippen molar-refractivity contribution in [3.8, 4) is 5.75 Å². The summed E-state index contributed by atoms with van der Waals surface area (Å²) in [6, 6.07) is 1.52. The van der Waals surface area contributed by atoms with Gasteiger partial charge in [0.2, 0.25) is 5.75 Å². The molecule has 1 saturated carbocycles. The van der Waals surface area contributed by atoms with Gasteiger partial charge in [0.15, 0.2) is 0 Å². The number of pyridine rings is 1. The maximum atomic E-state index is 10.7. The highest BCUT2D eigenvalue weighted by molar-refractivity contribution is 5.43. The largest absolute Gasteiger partial charge is 0.483 e. The summed E-state index contributed by atoms with van der Waals surface area (Å²) in [7, 11) is 0. The Hall–Kier alpha value is -1.69. The molecule has 6 nitrogen and oxygen atoms in total. The van der Waals surface area contributed by atoms with E-state index in [1.54, 1.807) is 0 Å². The molecule has 2 rings (SSSR count). The molecular weight excluding hydrogens is 210 g/mol. The quantitative estimate of drug-likeness (QED) is 0.609. The van der Waals surface area contributed by atoms with Gasteiger partial charge in [0.1, 0.15) is 6.20 Å². The van der Waals surface area contributed by atoms with E-state index >= 15 is 0 Å². The number of nitro groups is 1. The SMILES string of the molecule is NCC1CC(Oc2ccncc2[N+](=O)[O-])C1. The first-order valence-corrected chi connectivity index (χ1v) is 5.16. The Labute approximate surface area is 92.6 Å². The molecule has 1 fully saturated rings. The van der Waals surface area contributed by atoms with Crippen molar-refractivity contribution in [1.82, 2.24) is 4.98 Å². The van der Waals surface area contributed by atoms with Crippen LogP contribution in [0.4, 0.5) is 5.69 Å². The Bertz CT molecular complexity index is 391. The minimum atomic E-state index is -0.485. The summed E-state index contributed by atoms with van der Waals surface area (Å²) in [4.78, 5) is 13.9. The molecule has 16 heavy (non-hydrogen) atoms. The van der Waals surface area contributed by atoms with E-state index < -0.39 is 4.92 Å². The lowest BCUT2D eigenvalue weighted by molar-refractivity contribution is -0.386. The van der Waals surface area contributed by atoms with Crippen molar-refractivity contribution >= 4 is 5.69 Å². The predicted octanol–water partition coefficient (Wildman–Crippen LogP) is 1.11. The lowest BCUT2D eigenvalue weighted by atomic mass is 9.82. The molecule has 0 bridgehead atoms. The molecule has 0 unspecified atom stereocenters. The molecule has 1 aromatic rings. The van der Waals surface area contributed by atoms with Crippen LogP contribution in [0.2, 0.25) is 0 Å². The first-order chi connectivity index (χ1) is 7.70. The molecule has 86 valence electrons. The number of aromatic nitrogens is 1. The minimum absolute atomic E-state index is 0.0506. The average Bonchev–Trinajstić information content (AvgIpc) is 2.23. The highest BCUT2D eigenvalue weighted by atomic mass is 16.6. The zero-order chi connectivity index (χ0) is 11.5. The van der Waals surface area contributed by atoms with Gasteiger partial charge in [-0.1, -0.05) is 0 Å². The van der Waals surface area contributed by atoms with Crippen molar-refractivity contribution in [2.45, 2.75) is 18.9 Å². The molecule has 6 heteroatoms. The molecule has 0 aliphatic heterocycles. The van der Waals surface area contributed by atoms with E-state index in [0.29, 0.717) is 18.2 Å². The standard InChI is InChI=1S/C10H13N3O3/c11-5-7-3-8(4-7)16-10-1-2-12-6-9(10)13(14)15/h1-2,6-8H,3-5,11H2. The molecule has 1 heterocycles. The monoisotopic (exact) mass is 223 g/mol. The van der Waals surface area contributed by atoms with Crippen molar-refractivity contribution in [2.24, 2.45) is 11.7 Å². The lowest BCUT2D eigenvalue weighted by Crippen LogP contribution is -2.37. The van der Waals surface area contributed by atoms with Gasteiger partial charge >= 0.3 is 5.69 Å². The number of ether oxygens (including phenoxy) is 1. The molecule has 0 saturated heterocycles. The second-order valence-corrected chi connectivity index (χ2v) is 3.91. The predicted molar refractivity (Wildman–Crippen MR) is 57.1 cm³/mol. The van der Waals surface area contributed by atoms with E-state index in [1.807, 2.05) is 0 Å². The van der Waals surface area contributed by atoms with Gasteiger partial charge in [-0.3, -0.25) is 15.1 Å². The van der Waals surface area contributed by atoms with Gasteiger partial charge in [-0.25, -0.2) is 0 Å². The van der Waals surface area contributed by atoms with Gasteiger partial charge < -0.3 is 10.5 Å². The third kappa shape index (κ3) is 2.11. The zero-order valence-corrected chi connectivity index (χ0v) is 8.70. The molecule has 1 aliphatic carbocycles. The summed E-state index contributed by atoms with van der Waals surface area (Å²) in [5, 5.41) is 10.7. The summed E-state index contributed by atoms with van der Waals surface area (Å²) in [6.07, 6.45) is 4.48. The fourth-order valence-electron chi connectivity index (χ4n) is 1.75. The van der Waals surface area contributed by atoms with Crippen LogP contribution < -0.4 is 10.5 Å². The van der Waals surface area contributed by atoms with Gasteiger partial charge in [-0.2, -0.15) is 0 Å². The van der Waals surface area contributed by atoms with Crippen LogP contribution in [0, 0.1) is 16.0 Å². The highest BCUT2D eigenvalue weighted by Gasteiger charge is 2.31. The Kier molecular flexibility index (Phi) is 3.00. The van der Waals surface area contributed by atoms with E-state index in [1.165, 1.54) is 18.5 Å². The average molecular weight is 223 g/mol. The van der Waals surface area contributed by atoms with Crippen LogP contribution in [-0.2, 0) is 0 Å². The fourth-order valence-corrected chi connectivity index (χ4v) is 1.75. The summed E-state index contributed by atoms with van der Waals surface area (Å²) in [6.45, 7) is 0.651. The molecule has 0 atom stereocenters. The van der Waals surface area contributed by atoms with E-state index in [0.717, 1.165) is 12.8 Å². The normalized spacial score (nSPS) is 23.6. The molecule has 0 spiro atoms. The van der Waals surface area contributed by atoms with E-state index in [2.05, 4.69) is 4.98 Å². The fraction of sp³-hybridized carbons (Fsp3) is 0.500. The summed E-state index contributed by atoms with van der Waals surface area (Å²) in [5.74, 6) is 0.784. The summed E-state index contributed by atoms with van der Waals surface area (Å²) >= 11 is 0. The second-order valence-electron chi connectivity index (χ2n) is 3.91. The number of hydrogen-bond acceptors (Lipinski definition) is 5. The molecule has 1 aliphatic rings. The van der Waals surface area contributed by atoms with Crippen LogP contribution in [0.5, 0.6) is 5.75 Å². The summed E-state index contributed by atoms with van der Waals surface area (Å²) in [5.41, 5.74) is 5.41. The van der Waals surface area contributed by atoms with Crippen LogP contribution in [0.25, 0.3) is 0 Å². The first kappa shape index (κ1) is 10.8. The zero-order valence-electron chi connectivity index (χ0n) is 8.70. The van der Waals surface area contributed by atoms with Gasteiger partial charge in [0.05, 0.1) is 11.0 Å². The maximum absolute atomic E-state index is 10.7. The first-order valence-electron chi connectivity index (χ1n) is 5.16. The van der Waals surface area contributed by atoms with E-state index in [-0.39, 0.29) is 11.8 Å². The van der Waals surface area contributed by atoms with Gasteiger partial charge in [0.25, 0.3) is 0 Å². The molecule has 0 amide bonds. The second kappa shape index (κ2) is 4.44. The Morgan fingerprint density at radius 3 is 3.00 bits per heavy atom. The van der Waals surface area contributed by atoms with Crippen LogP contribution in [0.3, 0.4) is 0 Å². The van der Waals surface area contributed by atoms with Crippen LogP contribution in [0.1, 0.15) is 12.8 Å². The molecule has 0 aromatic carbocycles. The Morgan fingerprint density at radius 1 is 1.62 bits per heavy atom. The molecule has 0 radical (unpaired) electrons. The number of nitrogens with two attached hydrogens (primary N) is 1. The molecule has 2 N–H and O–H groups in total. The van der Waals surface area contributed by atoms with Crippen molar-refractivity contribution in [2.75, 3.05) is 6.54 Å². The highest BCUT2D eigenvalue weighted by Crippen LogP contribution is 2.33. The Morgan fingerprint density at radius 2 is 2.38 bits per heavy atom. The minimum Gasteiger partial charge on any atom is -0.483 e. The summed E-state index contributed by atoms with van der Waals surface area (Å²) < 4.78 is 5.54. The molecular formula is C10H13N3O3. The van der Waals surface area contributed by atoms with Crippen molar-refractivity contribution in [3.63, 3.8) is 0 Å². The number of rotatable bonds is 4. The van der Waals surface area contributed by atoms with Crippen LogP contribution in [-0.4, -0.2) is 22.6 Å². The lowest BCUT2D eigenvalue weighted by Gasteiger charge is -2.34. The number of hydrogen-bond donors (Lipinski definition) is 1. The molecule has 1 aromatic heterocycles. The number of nitrogens with zero attached hydrogens (tertiary/aromatic N) is 2. The van der Waals surface area contributed by atoms with Gasteiger partial charge in [-0.15, -0.1) is 0 Å². The van der Waals surface area contributed by atoms with Crippen LogP contribution >= 0.6 is 0 Å². The van der Waals surface area contributed by atoms with Crippen molar-refractivity contribution in [3.05, 3.63) is 28.6 Å². The van der Waals surface area contributed by atoms with Gasteiger partial charge in [0, 0.05) is 12.3 Å². The maximum Gasteiger partial charge on any atom is 0.329 e. The topological polar surface area (TPSA) is 91.3 Å². The van der Waals surface area contributed by atoms with Gasteiger partial charge in [-0.05, 0) is 25.3 Å². The van der Waals surface area contributed by atoms with E-state index in [4.69, 9.17) is 10.5 Å². The van der Waals surface area contributed by atoms with E-state index in [9.17, 15) is 10.1 Å². The van der Waals surface area contributed by atoms with Crippen molar-refractivity contribution < 1.29 is 9.66 Å².